The van der Waals surface area contributed by atoms with Gasteiger partial charge in [-0.25, -0.2) is 4.99 Å². The van der Waals surface area contributed by atoms with Crippen LogP contribution in [0.25, 0.3) is 6.08 Å². The maximum atomic E-state index is 14.0. The minimum atomic E-state index is -0.701. The number of carbonyl (C=O) groups is 1. The van der Waals surface area contributed by atoms with Crippen LogP contribution in [0.5, 0.6) is 11.5 Å². The van der Waals surface area contributed by atoms with Gasteiger partial charge in [-0.1, -0.05) is 83.6 Å². The van der Waals surface area contributed by atoms with Crippen molar-refractivity contribution in [1.29, 1.82) is 0 Å². The predicted molar refractivity (Wildman–Crippen MR) is 174 cm³/mol. The molecule has 1 aromatic heterocycles. The molecule has 1 atom stereocenters. The van der Waals surface area contributed by atoms with E-state index in [9.17, 15) is 9.59 Å². The lowest BCUT2D eigenvalue weighted by Crippen LogP contribution is -2.40. The van der Waals surface area contributed by atoms with Crippen LogP contribution in [0.15, 0.2) is 124 Å². The number of para-hydroxylation sites is 1. The number of anilines is 1. The number of ether oxygens (including phenoxy) is 2. The first-order valence-electron chi connectivity index (χ1n) is 13.9. The number of hydrogen-bond acceptors (Lipinski definition) is 6. The quantitative estimate of drug-likeness (QED) is 0.227. The lowest BCUT2D eigenvalue weighted by molar-refractivity contribution is -0.113. The summed E-state index contributed by atoms with van der Waals surface area (Å²) in [6.45, 7) is 2.15. The number of rotatable bonds is 8. The van der Waals surface area contributed by atoms with Gasteiger partial charge in [0.15, 0.2) is 4.80 Å². The van der Waals surface area contributed by atoms with Crippen molar-refractivity contribution in [2.45, 2.75) is 19.6 Å². The number of methoxy groups -OCH3 is 1. The summed E-state index contributed by atoms with van der Waals surface area (Å²) in [4.78, 5) is 33.0. The molecule has 0 fully saturated rings. The van der Waals surface area contributed by atoms with Gasteiger partial charge in [-0.05, 0) is 66.6 Å². The molecule has 5 aromatic rings. The molecule has 0 saturated carbocycles. The van der Waals surface area contributed by atoms with Crippen molar-refractivity contribution in [2.75, 3.05) is 12.4 Å². The van der Waals surface area contributed by atoms with E-state index in [2.05, 4.69) is 5.32 Å². The number of amides is 1. The number of halogens is 1. The maximum Gasteiger partial charge on any atom is 0.271 e. The summed E-state index contributed by atoms with van der Waals surface area (Å²) in [6, 6.07) is 31.0. The molecule has 220 valence electrons. The van der Waals surface area contributed by atoms with Crippen molar-refractivity contribution in [1.82, 2.24) is 4.57 Å². The molecule has 1 aliphatic heterocycles. The van der Waals surface area contributed by atoms with E-state index in [1.165, 1.54) is 11.3 Å². The number of nitrogens with one attached hydrogen (secondary N) is 1. The van der Waals surface area contributed by atoms with E-state index in [4.69, 9.17) is 26.1 Å². The Morgan fingerprint density at radius 2 is 1.73 bits per heavy atom. The van der Waals surface area contributed by atoms with Gasteiger partial charge in [0.05, 0.1) is 29.0 Å². The molecule has 0 spiro atoms. The summed E-state index contributed by atoms with van der Waals surface area (Å²) in [5.41, 5.74) is 3.81. The number of fused-ring (bicyclic) bond motifs is 1. The average molecular weight is 622 g/mol. The monoisotopic (exact) mass is 621 g/mol. The molecule has 0 aliphatic carbocycles. The molecular formula is C35H28ClN3O4S. The second-order valence-electron chi connectivity index (χ2n) is 10.1. The normalized spacial score (nSPS) is 14.5. The first-order chi connectivity index (χ1) is 21.4. The molecule has 2 heterocycles. The molecule has 1 aliphatic rings. The molecule has 44 heavy (non-hydrogen) atoms. The number of allylic oxidation sites excluding steroid dienone is 1. The van der Waals surface area contributed by atoms with Crippen LogP contribution in [0.1, 0.15) is 29.7 Å². The smallest absolute Gasteiger partial charge is 0.271 e. The Balaban J connectivity index is 1.36. The van der Waals surface area contributed by atoms with E-state index in [-0.39, 0.29) is 11.5 Å². The zero-order valence-corrected chi connectivity index (χ0v) is 25.6. The molecule has 0 unspecified atom stereocenters. The van der Waals surface area contributed by atoms with Gasteiger partial charge in [0.1, 0.15) is 18.1 Å². The highest BCUT2D eigenvalue weighted by Gasteiger charge is 2.32. The van der Waals surface area contributed by atoms with Gasteiger partial charge in [0.25, 0.3) is 11.5 Å². The van der Waals surface area contributed by atoms with Gasteiger partial charge in [0, 0.05) is 16.3 Å². The Morgan fingerprint density at radius 1 is 0.977 bits per heavy atom. The van der Waals surface area contributed by atoms with E-state index >= 15 is 0 Å². The summed E-state index contributed by atoms with van der Waals surface area (Å²) in [7, 11) is 1.59. The van der Waals surface area contributed by atoms with Crippen molar-refractivity contribution in [3.05, 3.63) is 156 Å². The third-order valence-corrected chi connectivity index (χ3v) is 8.59. The van der Waals surface area contributed by atoms with Crippen molar-refractivity contribution in [3.63, 3.8) is 0 Å². The first kappa shape index (κ1) is 29.2. The van der Waals surface area contributed by atoms with Gasteiger partial charge in [-0.15, -0.1) is 0 Å². The summed E-state index contributed by atoms with van der Waals surface area (Å²) < 4.78 is 13.5. The molecule has 9 heteroatoms. The van der Waals surface area contributed by atoms with E-state index in [1.807, 2.05) is 109 Å². The van der Waals surface area contributed by atoms with Crippen LogP contribution < -0.4 is 29.7 Å². The zero-order chi connectivity index (χ0) is 30.6. The van der Waals surface area contributed by atoms with Crippen molar-refractivity contribution >= 4 is 40.6 Å². The Labute approximate surface area is 263 Å². The van der Waals surface area contributed by atoms with Crippen LogP contribution in [0, 0.1) is 0 Å². The minimum Gasteiger partial charge on any atom is -0.497 e. The zero-order valence-electron chi connectivity index (χ0n) is 24.0. The Bertz CT molecular complexity index is 2050. The summed E-state index contributed by atoms with van der Waals surface area (Å²) in [6.07, 6.45) is 1.83. The SMILES string of the molecule is COc1cccc([C@H]2C(C(=O)Nc3ccccc3)=C(C)N=c3s/c(=C\c4ccc(OCc5ccccc5Cl)cc4)c(=O)n32)c1. The highest BCUT2D eigenvalue weighted by atomic mass is 35.5. The van der Waals surface area contributed by atoms with Crippen molar-refractivity contribution < 1.29 is 14.3 Å². The summed E-state index contributed by atoms with van der Waals surface area (Å²) in [5.74, 6) is 0.983. The number of carbonyl (C=O) groups excluding carboxylic acids is 1. The van der Waals surface area contributed by atoms with Gasteiger partial charge in [0.2, 0.25) is 0 Å². The molecule has 1 amide bonds. The minimum absolute atomic E-state index is 0.238. The van der Waals surface area contributed by atoms with Gasteiger partial charge >= 0.3 is 0 Å². The van der Waals surface area contributed by atoms with Crippen LogP contribution in [0.3, 0.4) is 0 Å². The lowest BCUT2D eigenvalue weighted by Gasteiger charge is -2.25. The standard InChI is InChI=1S/C35H28ClN3O4S/c1-22-31(33(40)38-26-11-4-3-5-12-26)32(24-10-8-13-28(20-24)42-2)39-34(41)30(44-35(39)37-22)19-23-15-17-27(18-16-23)43-21-25-9-6-7-14-29(25)36/h3-20,32H,21H2,1-2H3,(H,38,40)/b30-19-/t32-/m0/s1. The number of thiazole rings is 1. The fourth-order valence-electron chi connectivity index (χ4n) is 5.05. The maximum absolute atomic E-state index is 14.0. The molecule has 7 nitrogen and oxygen atoms in total. The molecule has 0 radical (unpaired) electrons. The van der Waals surface area contributed by atoms with Crippen LogP contribution >= 0.6 is 22.9 Å². The highest BCUT2D eigenvalue weighted by Crippen LogP contribution is 2.32. The Morgan fingerprint density at radius 3 is 2.48 bits per heavy atom. The predicted octanol–water partition coefficient (Wildman–Crippen LogP) is 6.11. The van der Waals surface area contributed by atoms with Crippen molar-refractivity contribution in [3.8, 4) is 11.5 Å². The van der Waals surface area contributed by atoms with Gasteiger partial charge in [-0.2, -0.15) is 0 Å². The third-order valence-electron chi connectivity index (χ3n) is 7.24. The fraction of sp³-hybridized carbons (Fsp3) is 0.114. The topological polar surface area (TPSA) is 81.9 Å². The van der Waals surface area contributed by atoms with E-state index in [1.54, 1.807) is 18.6 Å². The molecule has 0 saturated heterocycles. The van der Waals surface area contributed by atoms with Crippen LogP contribution in [0.4, 0.5) is 5.69 Å². The fourth-order valence-corrected chi connectivity index (χ4v) is 6.28. The third kappa shape index (κ3) is 6.08. The van der Waals surface area contributed by atoms with Crippen LogP contribution in [-0.4, -0.2) is 17.6 Å². The van der Waals surface area contributed by atoms with Crippen LogP contribution in [-0.2, 0) is 11.4 Å². The number of nitrogens with zero attached hydrogens (tertiary/aromatic N) is 2. The molecule has 1 N–H and O–H groups in total. The summed E-state index contributed by atoms with van der Waals surface area (Å²) in [5, 5.41) is 3.62. The largest absolute Gasteiger partial charge is 0.497 e. The average Bonchev–Trinajstić information content (AvgIpc) is 3.34. The molecule has 6 rings (SSSR count). The van der Waals surface area contributed by atoms with Gasteiger partial charge in [-0.3, -0.25) is 14.2 Å². The van der Waals surface area contributed by atoms with E-state index in [0.29, 0.717) is 49.4 Å². The Kier molecular flexibility index (Phi) is 8.45. The molecule has 0 bridgehead atoms. The first-order valence-corrected chi connectivity index (χ1v) is 15.1. The molecular weight excluding hydrogens is 594 g/mol. The number of aromatic nitrogens is 1. The lowest BCUT2D eigenvalue weighted by atomic mass is 9.95. The second kappa shape index (κ2) is 12.8. The number of hydrogen-bond donors (Lipinski definition) is 1. The van der Waals surface area contributed by atoms with E-state index in [0.717, 1.165) is 16.7 Å². The Hall–Kier alpha value is -4.92. The molecule has 4 aromatic carbocycles. The van der Waals surface area contributed by atoms with Crippen molar-refractivity contribution in [2.24, 2.45) is 4.99 Å². The number of benzene rings is 4. The highest BCUT2D eigenvalue weighted by molar-refractivity contribution is 7.07. The van der Waals surface area contributed by atoms with Gasteiger partial charge < -0.3 is 14.8 Å². The van der Waals surface area contributed by atoms with E-state index < -0.39 is 6.04 Å². The summed E-state index contributed by atoms with van der Waals surface area (Å²) >= 11 is 7.53. The second-order valence-corrected chi connectivity index (χ2v) is 11.5. The van der Waals surface area contributed by atoms with Crippen LogP contribution in [0.2, 0.25) is 5.02 Å².